The molecule has 3 aromatic rings. The van der Waals surface area contributed by atoms with E-state index in [0.29, 0.717) is 11.4 Å². The molecule has 0 saturated carbocycles. The molecule has 1 fully saturated rings. The predicted octanol–water partition coefficient (Wildman–Crippen LogP) is 2.82. The molecule has 0 spiro atoms. The second-order valence-corrected chi connectivity index (χ2v) is 7.05. The van der Waals surface area contributed by atoms with E-state index in [1.807, 2.05) is 38.4 Å². The van der Waals surface area contributed by atoms with E-state index >= 15 is 0 Å². The zero-order chi connectivity index (χ0) is 18.8. The van der Waals surface area contributed by atoms with Crippen molar-refractivity contribution in [2.45, 2.75) is 25.8 Å². The molecule has 1 amide bonds. The number of hydrogen-bond donors (Lipinski definition) is 1. The van der Waals surface area contributed by atoms with Crippen LogP contribution in [-0.2, 0) is 0 Å². The van der Waals surface area contributed by atoms with Gasteiger partial charge in [0.1, 0.15) is 5.69 Å². The normalized spacial score (nSPS) is 15.0. The van der Waals surface area contributed by atoms with Crippen LogP contribution < -0.4 is 5.32 Å². The molecule has 6 heteroatoms. The quantitative estimate of drug-likeness (QED) is 0.777. The number of rotatable bonds is 3. The number of aromatic nitrogens is 3. The first kappa shape index (κ1) is 17.5. The summed E-state index contributed by atoms with van der Waals surface area (Å²) < 4.78 is 0. The number of piperidine rings is 1. The standard InChI is InChI=1S/C21H23N5O/c1-14-4-3-5-15-10-16(11-25-20(14)15)18-12-24-19(13-23-18)21(27)26(2)17-6-8-22-9-7-17/h3-5,10-13,17,22H,6-9H2,1-2H3. The van der Waals surface area contributed by atoms with Crippen molar-refractivity contribution in [2.75, 3.05) is 20.1 Å². The van der Waals surface area contributed by atoms with Crippen molar-refractivity contribution in [3.63, 3.8) is 0 Å². The Balaban J connectivity index is 1.56. The fourth-order valence-electron chi connectivity index (χ4n) is 3.58. The molecule has 0 aliphatic carbocycles. The van der Waals surface area contributed by atoms with Crippen LogP contribution in [-0.4, -0.2) is 51.9 Å². The highest BCUT2D eigenvalue weighted by Crippen LogP contribution is 2.22. The van der Waals surface area contributed by atoms with E-state index in [1.54, 1.807) is 17.3 Å². The Labute approximate surface area is 158 Å². The fourth-order valence-corrected chi connectivity index (χ4v) is 3.58. The summed E-state index contributed by atoms with van der Waals surface area (Å²) in [4.78, 5) is 27.9. The number of hydrogen-bond acceptors (Lipinski definition) is 5. The summed E-state index contributed by atoms with van der Waals surface area (Å²) in [6.07, 6.45) is 6.96. The van der Waals surface area contributed by atoms with Gasteiger partial charge in [0.05, 0.1) is 23.6 Å². The molecular weight excluding hydrogens is 338 g/mol. The Morgan fingerprint density at radius 2 is 1.93 bits per heavy atom. The molecule has 1 saturated heterocycles. The number of pyridine rings is 1. The van der Waals surface area contributed by atoms with Gasteiger partial charge in [0.2, 0.25) is 0 Å². The summed E-state index contributed by atoms with van der Waals surface area (Å²) in [5.41, 5.74) is 4.12. The SMILES string of the molecule is Cc1cccc2cc(-c3cnc(C(=O)N(C)C4CCNCC4)cn3)cnc12. The summed E-state index contributed by atoms with van der Waals surface area (Å²) in [6.45, 7) is 3.94. The molecule has 1 aliphatic rings. The smallest absolute Gasteiger partial charge is 0.274 e. The number of para-hydroxylation sites is 1. The van der Waals surface area contributed by atoms with E-state index in [4.69, 9.17) is 0 Å². The van der Waals surface area contributed by atoms with Gasteiger partial charge in [-0.3, -0.25) is 14.8 Å². The number of nitrogens with zero attached hydrogens (tertiary/aromatic N) is 4. The van der Waals surface area contributed by atoms with Gasteiger partial charge in [-0.1, -0.05) is 18.2 Å². The van der Waals surface area contributed by atoms with E-state index in [1.165, 1.54) is 0 Å². The number of fused-ring (bicyclic) bond motifs is 1. The minimum Gasteiger partial charge on any atom is -0.337 e. The first-order valence-corrected chi connectivity index (χ1v) is 9.29. The summed E-state index contributed by atoms with van der Waals surface area (Å²) in [7, 11) is 1.85. The van der Waals surface area contributed by atoms with Crippen molar-refractivity contribution in [2.24, 2.45) is 0 Å². The van der Waals surface area contributed by atoms with Crippen LogP contribution in [0, 0.1) is 6.92 Å². The lowest BCUT2D eigenvalue weighted by atomic mass is 10.1. The molecule has 0 radical (unpaired) electrons. The van der Waals surface area contributed by atoms with Crippen LogP contribution in [0.2, 0.25) is 0 Å². The van der Waals surface area contributed by atoms with E-state index in [2.05, 4.69) is 26.3 Å². The second kappa shape index (κ2) is 7.40. The van der Waals surface area contributed by atoms with Gasteiger partial charge in [-0.25, -0.2) is 4.98 Å². The fraction of sp³-hybridized carbons (Fsp3) is 0.333. The van der Waals surface area contributed by atoms with Crippen molar-refractivity contribution >= 4 is 16.8 Å². The van der Waals surface area contributed by atoms with Crippen molar-refractivity contribution in [1.82, 2.24) is 25.2 Å². The number of amides is 1. The highest BCUT2D eigenvalue weighted by molar-refractivity contribution is 5.92. The van der Waals surface area contributed by atoms with Gasteiger partial charge in [-0.15, -0.1) is 0 Å². The van der Waals surface area contributed by atoms with Crippen LogP contribution in [0.5, 0.6) is 0 Å². The molecule has 4 rings (SSSR count). The number of aryl methyl sites for hydroxylation is 1. The summed E-state index contributed by atoms with van der Waals surface area (Å²) in [5.74, 6) is -0.0757. The lowest BCUT2D eigenvalue weighted by molar-refractivity contribution is 0.0697. The minimum absolute atomic E-state index is 0.0757. The number of benzene rings is 1. The average molecular weight is 361 g/mol. The Hall–Kier alpha value is -2.86. The lowest BCUT2D eigenvalue weighted by Crippen LogP contribution is -2.44. The van der Waals surface area contributed by atoms with Crippen molar-refractivity contribution in [1.29, 1.82) is 0 Å². The Bertz CT molecular complexity index is 964. The largest absolute Gasteiger partial charge is 0.337 e. The number of carbonyl (C=O) groups excluding carboxylic acids is 1. The molecule has 6 nitrogen and oxygen atoms in total. The molecule has 138 valence electrons. The van der Waals surface area contributed by atoms with Gasteiger partial charge >= 0.3 is 0 Å². The maximum absolute atomic E-state index is 12.7. The Morgan fingerprint density at radius 1 is 1.11 bits per heavy atom. The van der Waals surface area contributed by atoms with Gasteiger partial charge in [0.15, 0.2) is 0 Å². The molecular formula is C21H23N5O. The third-order valence-corrected chi connectivity index (χ3v) is 5.26. The molecule has 1 N–H and O–H groups in total. The lowest BCUT2D eigenvalue weighted by Gasteiger charge is -2.31. The highest BCUT2D eigenvalue weighted by atomic mass is 16.2. The van der Waals surface area contributed by atoms with Crippen molar-refractivity contribution in [3.8, 4) is 11.3 Å². The average Bonchev–Trinajstić information content (AvgIpc) is 2.73. The topological polar surface area (TPSA) is 71.0 Å². The zero-order valence-electron chi connectivity index (χ0n) is 15.6. The van der Waals surface area contributed by atoms with Crippen LogP contribution in [0.1, 0.15) is 28.9 Å². The van der Waals surface area contributed by atoms with E-state index < -0.39 is 0 Å². The summed E-state index contributed by atoms with van der Waals surface area (Å²) >= 11 is 0. The molecule has 2 aromatic heterocycles. The molecule has 0 bridgehead atoms. The predicted molar refractivity (Wildman–Crippen MR) is 105 cm³/mol. The highest BCUT2D eigenvalue weighted by Gasteiger charge is 2.23. The molecule has 1 aromatic carbocycles. The van der Waals surface area contributed by atoms with Crippen LogP contribution in [0.3, 0.4) is 0 Å². The Kier molecular flexibility index (Phi) is 4.81. The van der Waals surface area contributed by atoms with Gasteiger partial charge in [0, 0.05) is 30.2 Å². The molecule has 27 heavy (non-hydrogen) atoms. The minimum atomic E-state index is -0.0757. The monoisotopic (exact) mass is 361 g/mol. The van der Waals surface area contributed by atoms with Crippen molar-refractivity contribution < 1.29 is 4.79 Å². The Morgan fingerprint density at radius 3 is 2.67 bits per heavy atom. The maximum atomic E-state index is 12.7. The first-order valence-electron chi connectivity index (χ1n) is 9.29. The molecule has 3 heterocycles. The van der Waals surface area contributed by atoms with E-state index in [-0.39, 0.29) is 11.9 Å². The summed E-state index contributed by atoms with van der Waals surface area (Å²) in [6, 6.07) is 8.43. The van der Waals surface area contributed by atoms with Crippen molar-refractivity contribution in [3.05, 3.63) is 54.1 Å². The number of nitrogens with one attached hydrogen (secondary N) is 1. The third-order valence-electron chi connectivity index (χ3n) is 5.26. The molecule has 0 atom stereocenters. The molecule has 1 aliphatic heterocycles. The second-order valence-electron chi connectivity index (χ2n) is 7.05. The number of carbonyl (C=O) groups is 1. The van der Waals surface area contributed by atoms with Gasteiger partial charge in [0.25, 0.3) is 5.91 Å². The van der Waals surface area contributed by atoms with Crippen LogP contribution in [0.25, 0.3) is 22.2 Å². The van der Waals surface area contributed by atoms with Gasteiger partial charge < -0.3 is 10.2 Å². The van der Waals surface area contributed by atoms with E-state index in [9.17, 15) is 4.79 Å². The van der Waals surface area contributed by atoms with Gasteiger partial charge in [-0.2, -0.15) is 0 Å². The van der Waals surface area contributed by atoms with Gasteiger partial charge in [-0.05, 0) is 44.5 Å². The maximum Gasteiger partial charge on any atom is 0.274 e. The van der Waals surface area contributed by atoms with E-state index in [0.717, 1.165) is 48.0 Å². The van der Waals surface area contributed by atoms with Crippen LogP contribution in [0.4, 0.5) is 0 Å². The molecule has 0 unspecified atom stereocenters. The summed E-state index contributed by atoms with van der Waals surface area (Å²) in [5, 5.41) is 4.39. The zero-order valence-corrected chi connectivity index (χ0v) is 15.6. The van der Waals surface area contributed by atoms with Crippen LogP contribution in [0.15, 0.2) is 42.9 Å². The van der Waals surface area contributed by atoms with Crippen LogP contribution >= 0.6 is 0 Å². The first-order chi connectivity index (χ1) is 13.1. The third kappa shape index (κ3) is 3.53.